The first-order valence-electron chi connectivity index (χ1n) is 8.09. The molecule has 1 aliphatic rings. The average molecular weight is 357 g/mol. The molecule has 0 bridgehead atoms. The quantitative estimate of drug-likeness (QED) is 0.854. The SMILES string of the molecule is COc1ccc(NC(=O)c2ccc(N3CCN(C(=O)O)CC3)nn2)cc1. The molecule has 1 aromatic carbocycles. The molecule has 0 unspecified atom stereocenters. The number of nitrogens with one attached hydrogen (secondary N) is 1. The van der Waals surface area contributed by atoms with Crippen LogP contribution in [0.4, 0.5) is 16.3 Å². The summed E-state index contributed by atoms with van der Waals surface area (Å²) in [5, 5.41) is 19.8. The fraction of sp³-hybridized carbons (Fsp3) is 0.294. The molecule has 2 N–H and O–H groups in total. The van der Waals surface area contributed by atoms with E-state index in [4.69, 9.17) is 9.84 Å². The molecule has 2 amide bonds. The molecule has 0 saturated carbocycles. The third kappa shape index (κ3) is 4.00. The van der Waals surface area contributed by atoms with Crippen LogP contribution in [-0.4, -0.2) is 65.5 Å². The third-order valence-electron chi connectivity index (χ3n) is 4.11. The van der Waals surface area contributed by atoms with E-state index in [-0.39, 0.29) is 11.6 Å². The second kappa shape index (κ2) is 7.68. The van der Waals surface area contributed by atoms with Crippen molar-refractivity contribution in [2.45, 2.75) is 0 Å². The summed E-state index contributed by atoms with van der Waals surface area (Å²) < 4.78 is 5.07. The Hall–Kier alpha value is -3.36. The van der Waals surface area contributed by atoms with E-state index >= 15 is 0 Å². The number of carboxylic acid groups (broad SMARTS) is 1. The number of benzene rings is 1. The third-order valence-corrected chi connectivity index (χ3v) is 4.11. The first-order valence-corrected chi connectivity index (χ1v) is 8.09. The molecule has 1 fully saturated rings. The molecular formula is C17H19N5O4. The molecule has 1 aliphatic heterocycles. The molecule has 0 radical (unpaired) electrons. The van der Waals surface area contributed by atoms with E-state index in [9.17, 15) is 9.59 Å². The maximum Gasteiger partial charge on any atom is 0.407 e. The van der Waals surface area contributed by atoms with Gasteiger partial charge in [0.05, 0.1) is 7.11 Å². The van der Waals surface area contributed by atoms with Gasteiger partial charge >= 0.3 is 6.09 Å². The minimum Gasteiger partial charge on any atom is -0.497 e. The molecule has 3 rings (SSSR count). The highest BCUT2D eigenvalue weighted by Crippen LogP contribution is 2.16. The number of carbonyl (C=O) groups excluding carboxylic acids is 1. The van der Waals surface area contributed by atoms with Crippen LogP contribution in [0.25, 0.3) is 0 Å². The average Bonchev–Trinajstić information content (AvgIpc) is 2.69. The normalized spacial score (nSPS) is 14.0. The Labute approximate surface area is 150 Å². The van der Waals surface area contributed by atoms with Gasteiger partial charge in [0.25, 0.3) is 5.91 Å². The molecule has 136 valence electrons. The fourth-order valence-electron chi connectivity index (χ4n) is 2.61. The molecular weight excluding hydrogens is 338 g/mol. The Bertz CT molecular complexity index is 771. The molecule has 0 aliphatic carbocycles. The zero-order chi connectivity index (χ0) is 18.5. The van der Waals surface area contributed by atoms with Crippen molar-refractivity contribution in [3.8, 4) is 5.75 Å². The number of hydrogen-bond donors (Lipinski definition) is 2. The van der Waals surface area contributed by atoms with Gasteiger partial charge in [-0.3, -0.25) is 4.79 Å². The van der Waals surface area contributed by atoms with Crippen LogP contribution < -0.4 is 15.0 Å². The lowest BCUT2D eigenvalue weighted by molar-refractivity contribution is 0.102. The molecule has 9 heteroatoms. The topological polar surface area (TPSA) is 108 Å². The molecule has 1 saturated heterocycles. The summed E-state index contributed by atoms with van der Waals surface area (Å²) in [6.45, 7) is 1.91. The fourth-order valence-corrected chi connectivity index (χ4v) is 2.61. The molecule has 0 atom stereocenters. The Kier molecular flexibility index (Phi) is 5.16. The van der Waals surface area contributed by atoms with Gasteiger partial charge in [-0.25, -0.2) is 4.79 Å². The summed E-state index contributed by atoms with van der Waals surface area (Å²) >= 11 is 0. The zero-order valence-corrected chi connectivity index (χ0v) is 14.3. The predicted molar refractivity (Wildman–Crippen MR) is 94.8 cm³/mol. The molecule has 1 aromatic heterocycles. The van der Waals surface area contributed by atoms with Crippen molar-refractivity contribution in [1.29, 1.82) is 0 Å². The lowest BCUT2D eigenvalue weighted by Crippen LogP contribution is -2.48. The first-order chi connectivity index (χ1) is 12.6. The Morgan fingerprint density at radius 3 is 2.27 bits per heavy atom. The minimum atomic E-state index is -0.915. The van der Waals surface area contributed by atoms with E-state index in [1.54, 1.807) is 43.5 Å². The zero-order valence-electron chi connectivity index (χ0n) is 14.3. The van der Waals surface area contributed by atoms with Crippen molar-refractivity contribution < 1.29 is 19.4 Å². The van der Waals surface area contributed by atoms with Crippen LogP contribution in [0, 0.1) is 0 Å². The standard InChI is InChI=1S/C17H19N5O4/c1-26-13-4-2-12(3-5-13)18-16(23)14-6-7-15(20-19-14)21-8-10-22(11-9-21)17(24)25/h2-7H,8-11H2,1H3,(H,18,23)(H,24,25). The number of carbonyl (C=O) groups is 2. The highest BCUT2D eigenvalue weighted by atomic mass is 16.5. The van der Waals surface area contributed by atoms with Crippen LogP contribution >= 0.6 is 0 Å². The van der Waals surface area contributed by atoms with Gasteiger partial charge in [0.15, 0.2) is 11.5 Å². The van der Waals surface area contributed by atoms with E-state index in [0.717, 1.165) is 0 Å². The highest BCUT2D eigenvalue weighted by molar-refractivity contribution is 6.02. The van der Waals surface area contributed by atoms with Gasteiger partial charge in [-0.05, 0) is 36.4 Å². The number of aromatic nitrogens is 2. The predicted octanol–water partition coefficient (Wildman–Crippen LogP) is 1.54. The second-order valence-electron chi connectivity index (χ2n) is 5.72. The number of anilines is 2. The van der Waals surface area contributed by atoms with E-state index in [2.05, 4.69) is 15.5 Å². The summed E-state index contributed by atoms with van der Waals surface area (Å²) in [4.78, 5) is 26.5. The number of piperazine rings is 1. The van der Waals surface area contributed by atoms with Crippen molar-refractivity contribution in [3.05, 3.63) is 42.1 Å². The van der Waals surface area contributed by atoms with Gasteiger partial charge in [0, 0.05) is 31.9 Å². The maximum atomic E-state index is 12.2. The Balaban J connectivity index is 1.60. The highest BCUT2D eigenvalue weighted by Gasteiger charge is 2.21. The lowest BCUT2D eigenvalue weighted by atomic mass is 10.2. The monoisotopic (exact) mass is 357 g/mol. The second-order valence-corrected chi connectivity index (χ2v) is 5.72. The van der Waals surface area contributed by atoms with Gasteiger partial charge in [0.1, 0.15) is 5.75 Å². The molecule has 0 spiro atoms. The number of hydrogen-bond acceptors (Lipinski definition) is 6. The first kappa shape index (κ1) is 17.5. The smallest absolute Gasteiger partial charge is 0.407 e. The number of rotatable bonds is 4. The largest absolute Gasteiger partial charge is 0.497 e. The van der Waals surface area contributed by atoms with Crippen molar-refractivity contribution in [1.82, 2.24) is 15.1 Å². The molecule has 2 aromatic rings. The van der Waals surface area contributed by atoms with E-state index < -0.39 is 6.09 Å². The van der Waals surface area contributed by atoms with Gasteiger partial charge < -0.3 is 25.0 Å². The van der Waals surface area contributed by atoms with Crippen molar-refractivity contribution >= 4 is 23.5 Å². The van der Waals surface area contributed by atoms with Gasteiger partial charge in [-0.2, -0.15) is 0 Å². The number of amides is 2. The van der Waals surface area contributed by atoms with E-state index in [1.807, 2.05) is 4.90 Å². The van der Waals surface area contributed by atoms with Crippen LogP contribution in [0.15, 0.2) is 36.4 Å². The van der Waals surface area contributed by atoms with Crippen molar-refractivity contribution in [3.63, 3.8) is 0 Å². The van der Waals surface area contributed by atoms with Crippen LogP contribution in [0.2, 0.25) is 0 Å². The Morgan fingerprint density at radius 1 is 1.04 bits per heavy atom. The van der Waals surface area contributed by atoms with Crippen LogP contribution in [-0.2, 0) is 0 Å². The lowest BCUT2D eigenvalue weighted by Gasteiger charge is -2.33. The summed E-state index contributed by atoms with van der Waals surface area (Å²) in [6, 6.07) is 10.3. The maximum absolute atomic E-state index is 12.2. The van der Waals surface area contributed by atoms with Crippen molar-refractivity contribution in [2.24, 2.45) is 0 Å². The minimum absolute atomic E-state index is 0.203. The van der Waals surface area contributed by atoms with Crippen LogP contribution in [0.3, 0.4) is 0 Å². The Morgan fingerprint density at radius 2 is 1.73 bits per heavy atom. The summed E-state index contributed by atoms with van der Waals surface area (Å²) in [5.74, 6) is 0.969. The number of ether oxygens (including phenoxy) is 1. The van der Waals surface area contributed by atoms with Gasteiger partial charge in [0.2, 0.25) is 0 Å². The number of methoxy groups -OCH3 is 1. The van der Waals surface area contributed by atoms with Crippen LogP contribution in [0.5, 0.6) is 5.75 Å². The summed E-state index contributed by atoms with van der Waals surface area (Å²) in [7, 11) is 1.58. The van der Waals surface area contributed by atoms with E-state index in [1.165, 1.54) is 4.90 Å². The van der Waals surface area contributed by atoms with E-state index in [0.29, 0.717) is 43.4 Å². The summed E-state index contributed by atoms with van der Waals surface area (Å²) in [6.07, 6.45) is -0.915. The summed E-state index contributed by atoms with van der Waals surface area (Å²) in [5.41, 5.74) is 0.834. The molecule has 26 heavy (non-hydrogen) atoms. The number of nitrogens with zero attached hydrogens (tertiary/aromatic N) is 4. The van der Waals surface area contributed by atoms with Gasteiger partial charge in [-0.1, -0.05) is 0 Å². The van der Waals surface area contributed by atoms with Crippen LogP contribution in [0.1, 0.15) is 10.5 Å². The molecule has 2 heterocycles. The van der Waals surface area contributed by atoms with Gasteiger partial charge in [-0.15, -0.1) is 10.2 Å². The molecule has 9 nitrogen and oxygen atoms in total. The van der Waals surface area contributed by atoms with Crippen molar-refractivity contribution in [2.75, 3.05) is 43.5 Å².